The zero-order valence-electron chi connectivity index (χ0n) is 13.3. The second-order valence-electron chi connectivity index (χ2n) is 5.79. The molecule has 0 bridgehead atoms. The minimum Gasteiger partial charge on any atom is -0.454 e. The van der Waals surface area contributed by atoms with E-state index in [0.29, 0.717) is 46.7 Å². The molecule has 130 valence electrons. The SMILES string of the molecule is Nc1cc2c(cc1NC(=O)Cc1csc(N3CCCC3=O)n1)OCO2. The summed E-state index contributed by atoms with van der Waals surface area (Å²) < 4.78 is 10.5. The van der Waals surface area contributed by atoms with Crippen LogP contribution in [0.2, 0.25) is 0 Å². The largest absolute Gasteiger partial charge is 0.454 e. The van der Waals surface area contributed by atoms with Gasteiger partial charge in [-0.3, -0.25) is 14.5 Å². The third-order valence-electron chi connectivity index (χ3n) is 4.00. The first kappa shape index (κ1) is 15.7. The summed E-state index contributed by atoms with van der Waals surface area (Å²) in [4.78, 5) is 30.1. The Morgan fingerprint density at radius 2 is 2.16 bits per heavy atom. The minimum atomic E-state index is -0.241. The monoisotopic (exact) mass is 360 g/mol. The summed E-state index contributed by atoms with van der Waals surface area (Å²) in [5, 5.41) is 5.20. The van der Waals surface area contributed by atoms with Crippen molar-refractivity contribution in [3.8, 4) is 11.5 Å². The number of amides is 2. The molecule has 2 aromatic rings. The second-order valence-corrected chi connectivity index (χ2v) is 6.62. The van der Waals surface area contributed by atoms with Crippen LogP contribution in [0.3, 0.4) is 0 Å². The fourth-order valence-electron chi connectivity index (χ4n) is 2.78. The maximum Gasteiger partial charge on any atom is 0.231 e. The molecule has 0 saturated carbocycles. The first-order valence-electron chi connectivity index (χ1n) is 7.84. The lowest BCUT2D eigenvalue weighted by atomic mass is 10.2. The van der Waals surface area contributed by atoms with Crippen molar-refractivity contribution in [3.05, 3.63) is 23.2 Å². The number of benzene rings is 1. The molecule has 2 aliphatic heterocycles. The topological polar surface area (TPSA) is 107 Å². The summed E-state index contributed by atoms with van der Waals surface area (Å²) in [7, 11) is 0. The third kappa shape index (κ3) is 3.10. The molecule has 0 radical (unpaired) electrons. The van der Waals surface area contributed by atoms with Gasteiger partial charge in [0.05, 0.1) is 23.5 Å². The molecule has 0 unspecified atom stereocenters. The molecule has 1 saturated heterocycles. The maximum absolute atomic E-state index is 12.3. The molecule has 3 heterocycles. The Kier molecular flexibility index (Phi) is 3.92. The molecular weight excluding hydrogens is 344 g/mol. The van der Waals surface area contributed by atoms with E-state index in [1.54, 1.807) is 22.4 Å². The smallest absolute Gasteiger partial charge is 0.231 e. The first-order chi connectivity index (χ1) is 12.1. The van der Waals surface area contributed by atoms with E-state index in [4.69, 9.17) is 15.2 Å². The van der Waals surface area contributed by atoms with Gasteiger partial charge in [0.1, 0.15) is 0 Å². The number of ether oxygens (including phenoxy) is 2. The number of carbonyl (C=O) groups is 2. The molecule has 0 spiro atoms. The normalized spacial score (nSPS) is 15.7. The number of carbonyl (C=O) groups excluding carboxylic acids is 2. The molecule has 1 aromatic heterocycles. The van der Waals surface area contributed by atoms with Crippen LogP contribution in [0.4, 0.5) is 16.5 Å². The fraction of sp³-hybridized carbons (Fsp3) is 0.312. The molecule has 3 N–H and O–H groups in total. The van der Waals surface area contributed by atoms with Crippen LogP contribution in [0.5, 0.6) is 11.5 Å². The van der Waals surface area contributed by atoms with E-state index in [2.05, 4.69) is 10.3 Å². The van der Waals surface area contributed by atoms with Crippen molar-refractivity contribution < 1.29 is 19.1 Å². The van der Waals surface area contributed by atoms with Gasteiger partial charge in [-0.2, -0.15) is 0 Å². The van der Waals surface area contributed by atoms with Crippen molar-refractivity contribution in [1.82, 2.24) is 4.98 Å². The van der Waals surface area contributed by atoms with Gasteiger partial charge in [-0.1, -0.05) is 0 Å². The number of aromatic nitrogens is 1. The van der Waals surface area contributed by atoms with Crippen LogP contribution in [0.1, 0.15) is 18.5 Å². The summed E-state index contributed by atoms with van der Waals surface area (Å²) >= 11 is 1.37. The zero-order chi connectivity index (χ0) is 17.4. The maximum atomic E-state index is 12.3. The van der Waals surface area contributed by atoms with E-state index in [0.717, 1.165) is 6.42 Å². The average Bonchev–Trinajstić information content (AvgIpc) is 3.28. The molecule has 4 rings (SSSR count). The van der Waals surface area contributed by atoms with Gasteiger partial charge in [-0.05, 0) is 6.42 Å². The molecule has 1 fully saturated rings. The van der Waals surface area contributed by atoms with Gasteiger partial charge < -0.3 is 20.5 Å². The lowest BCUT2D eigenvalue weighted by molar-refractivity contribution is -0.117. The van der Waals surface area contributed by atoms with E-state index >= 15 is 0 Å². The Labute approximate surface area is 147 Å². The van der Waals surface area contributed by atoms with E-state index < -0.39 is 0 Å². The van der Waals surface area contributed by atoms with Gasteiger partial charge in [0.2, 0.25) is 18.6 Å². The lowest BCUT2D eigenvalue weighted by Crippen LogP contribution is -2.23. The van der Waals surface area contributed by atoms with Crippen molar-refractivity contribution in [2.75, 3.05) is 29.3 Å². The molecule has 0 aliphatic carbocycles. The van der Waals surface area contributed by atoms with Gasteiger partial charge in [0, 0.05) is 30.5 Å². The number of hydrogen-bond donors (Lipinski definition) is 2. The third-order valence-corrected chi connectivity index (χ3v) is 4.92. The van der Waals surface area contributed by atoms with Gasteiger partial charge in [-0.15, -0.1) is 11.3 Å². The van der Waals surface area contributed by atoms with Crippen LogP contribution < -0.4 is 25.4 Å². The van der Waals surface area contributed by atoms with Gasteiger partial charge >= 0.3 is 0 Å². The summed E-state index contributed by atoms with van der Waals surface area (Å²) in [6.45, 7) is 0.828. The average molecular weight is 360 g/mol. The number of thiazole rings is 1. The van der Waals surface area contributed by atoms with Crippen LogP contribution in [0.15, 0.2) is 17.5 Å². The summed E-state index contributed by atoms with van der Waals surface area (Å²) in [6.07, 6.45) is 1.50. The Bertz CT molecular complexity index is 851. The van der Waals surface area contributed by atoms with Crippen molar-refractivity contribution in [3.63, 3.8) is 0 Å². The highest BCUT2D eigenvalue weighted by atomic mass is 32.1. The molecule has 2 aliphatic rings. The first-order valence-corrected chi connectivity index (χ1v) is 8.72. The number of hydrogen-bond acceptors (Lipinski definition) is 7. The van der Waals surface area contributed by atoms with E-state index in [9.17, 15) is 9.59 Å². The molecular formula is C16H16N4O4S. The van der Waals surface area contributed by atoms with Gasteiger partial charge in [0.15, 0.2) is 16.6 Å². The highest BCUT2D eigenvalue weighted by Gasteiger charge is 2.24. The van der Waals surface area contributed by atoms with Crippen LogP contribution in [0, 0.1) is 0 Å². The molecule has 0 atom stereocenters. The highest BCUT2D eigenvalue weighted by molar-refractivity contribution is 7.14. The number of nitrogens with one attached hydrogen (secondary N) is 1. The summed E-state index contributed by atoms with van der Waals surface area (Å²) in [6, 6.07) is 3.27. The minimum absolute atomic E-state index is 0.0819. The Hall–Kier alpha value is -2.81. The number of nitrogens with two attached hydrogens (primary N) is 1. The standard InChI is InChI=1S/C16H16N4O4S/c17-10-5-12-13(24-8-23-12)6-11(10)19-14(21)4-9-7-25-16(18-9)20-3-1-2-15(20)22/h5-7H,1-4,8,17H2,(H,19,21). The molecule has 25 heavy (non-hydrogen) atoms. The summed E-state index contributed by atoms with van der Waals surface area (Å²) in [5.41, 5.74) is 7.42. The summed E-state index contributed by atoms with van der Waals surface area (Å²) in [5.74, 6) is 0.955. The van der Waals surface area contributed by atoms with E-state index in [1.807, 2.05) is 0 Å². The van der Waals surface area contributed by atoms with Crippen LogP contribution in [-0.4, -0.2) is 30.1 Å². The second kappa shape index (κ2) is 6.25. The Balaban J connectivity index is 1.43. The lowest BCUT2D eigenvalue weighted by Gasteiger charge is -2.10. The molecule has 2 amide bonds. The molecule has 1 aromatic carbocycles. The van der Waals surface area contributed by atoms with Crippen molar-refractivity contribution in [2.45, 2.75) is 19.3 Å². The number of nitrogens with zero attached hydrogens (tertiary/aromatic N) is 2. The quantitative estimate of drug-likeness (QED) is 0.805. The Morgan fingerprint density at radius 1 is 1.36 bits per heavy atom. The van der Waals surface area contributed by atoms with E-state index in [-0.39, 0.29) is 25.0 Å². The zero-order valence-corrected chi connectivity index (χ0v) is 14.1. The molecule has 8 nitrogen and oxygen atoms in total. The number of rotatable bonds is 4. The van der Waals surface area contributed by atoms with Crippen LogP contribution in [0.25, 0.3) is 0 Å². The number of anilines is 3. The van der Waals surface area contributed by atoms with Crippen molar-refractivity contribution in [1.29, 1.82) is 0 Å². The predicted molar refractivity (Wildman–Crippen MR) is 93.0 cm³/mol. The fourth-order valence-corrected chi connectivity index (χ4v) is 3.64. The predicted octanol–water partition coefficient (Wildman–Crippen LogP) is 1.76. The number of nitrogen functional groups attached to an aromatic ring is 1. The van der Waals surface area contributed by atoms with E-state index in [1.165, 1.54) is 11.3 Å². The van der Waals surface area contributed by atoms with Crippen LogP contribution >= 0.6 is 11.3 Å². The number of fused-ring (bicyclic) bond motifs is 1. The van der Waals surface area contributed by atoms with Gasteiger partial charge in [0.25, 0.3) is 0 Å². The Morgan fingerprint density at radius 3 is 2.92 bits per heavy atom. The van der Waals surface area contributed by atoms with Crippen LogP contribution in [-0.2, 0) is 16.0 Å². The molecule has 9 heteroatoms. The highest BCUT2D eigenvalue weighted by Crippen LogP contribution is 2.38. The van der Waals surface area contributed by atoms with Gasteiger partial charge in [-0.25, -0.2) is 4.98 Å². The van der Waals surface area contributed by atoms with Crippen molar-refractivity contribution >= 4 is 39.7 Å². The van der Waals surface area contributed by atoms with Crippen molar-refractivity contribution in [2.24, 2.45) is 0 Å².